The second-order valence-corrected chi connectivity index (χ2v) is 10.2. The predicted octanol–water partition coefficient (Wildman–Crippen LogP) is 5.78. The Morgan fingerprint density at radius 1 is 0.875 bits per heavy atom. The fourth-order valence-electron chi connectivity index (χ4n) is 3.00. The van der Waals surface area contributed by atoms with Crippen LogP contribution in [0.15, 0.2) is 82.2 Å². The Morgan fingerprint density at radius 3 is 2.09 bits per heavy atom. The maximum atomic E-state index is 12.6. The van der Waals surface area contributed by atoms with E-state index in [2.05, 4.69) is 39.8 Å². The smallest absolute Gasteiger partial charge is 0.265 e. The highest BCUT2D eigenvalue weighted by atomic mass is 79.9. The molecule has 32 heavy (non-hydrogen) atoms. The molecular formula is C24H25BrN2O4S. The van der Waals surface area contributed by atoms with E-state index in [1.807, 2.05) is 24.3 Å². The van der Waals surface area contributed by atoms with Crippen molar-refractivity contribution in [3.05, 3.63) is 82.8 Å². The lowest BCUT2D eigenvalue weighted by molar-refractivity contribution is -0.122. The summed E-state index contributed by atoms with van der Waals surface area (Å²) in [5, 5.41) is 2.76. The number of nitrogens with one attached hydrogen (secondary N) is 2. The molecule has 168 valence electrons. The number of sulfonamides is 1. The Kier molecular flexibility index (Phi) is 7.58. The highest BCUT2D eigenvalue weighted by Crippen LogP contribution is 2.27. The first-order chi connectivity index (χ1) is 15.2. The fraction of sp³-hybridized carbons (Fsp3) is 0.208. The highest BCUT2D eigenvalue weighted by Gasteiger charge is 2.18. The summed E-state index contributed by atoms with van der Waals surface area (Å²) in [7, 11) is -3.74. The van der Waals surface area contributed by atoms with Crippen molar-refractivity contribution in [1.29, 1.82) is 0 Å². The van der Waals surface area contributed by atoms with Gasteiger partial charge in [-0.25, -0.2) is 8.42 Å². The molecule has 0 saturated carbocycles. The quantitative estimate of drug-likeness (QED) is 0.397. The van der Waals surface area contributed by atoms with E-state index < -0.39 is 16.1 Å². The van der Waals surface area contributed by atoms with Gasteiger partial charge in [-0.1, -0.05) is 48.0 Å². The van der Waals surface area contributed by atoms with Gasteiger partial charge in [0.05, 0.1) is 4.90 Å². The number of hydrogen-bond acceptors (Lipinski definition) is 4. The summed E-state index contributed by atoms with van der Waals surface area (Å²) >= 11 is 3.32. The number of hydrogen-bond donors (Lipinski definition) is 2. The van der Waals surface area contributed by atoms with Crippen molar-refractivity contribution in [2.45, 2.75) is 37.7 Å². The van der Waals surface area contributed by atoms with Gasteiger partial charge in [-0.3, -0.25) is 9.52 Å². The SMILES string of the molecule is CC(Oc1ccccc1C(C)C)C(=O)Nc1ccc(S(=O)(=O)Nc2ccc(Br)cc2)cc1. The van der Waals surface area contributed by atoms with Crippen molar-refractivity contribution >= 4 is 43.2 Å². The molecule has 3 aromatic rings. The normalized spacial score (nSPS) is 12.3. The molecule has 0 aliphatic heterocycles. The minimum atomic E-state index is -3.74. The number of carbonyl (C=O) groups excluding carboxylic acids is 1. The molecule has 6 nitrogen and oxygen atoms in total. The Bertz CT molecular complexity index is 1180. The van der Waals surface area contributed by atoms with Crippen molar-refractivity contribution < 1.29 is 17.9 Å². The minimum absolute atomic E-state index is 0.0913. The number of halogens is 1. The molecule has 3 aromatic carbocycles. The molecule has 0 bridgehead atoms. The first kappa shape index (κ1) is 23.8. The van der Waals surface area contributed by atoms with Gasteiger partial charge in [0.1, 0.15) is 5.75 Å². The molecule has 3 rings (SSSR count). The van der Waals surface area contributed by atoms with Gasteiger partial charge >= 0.3 is 0 Å². The van der Waals surface area contributed by atoms with Gasteiger partial charge in [-0.2, -0.15) is 0 Å². The third kappa shape index (κ3) is 6.11. The number of amides is 1. The molecule has 0 heterocycles. The summed E-state index contributed by atoms with van der Waals surface area (Å²) in [6.07, 6.45) is -0.725. The average molecular weight is 517 g/mol. The van der Waals surface area contributed by atoms with E-state index in [1.54, 1.807) is 43.3 Å². The van der Waals surface area contributed by atoms with E-state index in [-0.39, 0.29) is 16.7 Å². The monoisotopic (exact) mass is 516 g/mol. The van der Waals surface area contributed by atoms with E-state index in [0.29, 0.717) is 17.1 Å². The number of carbonyl (C=O) groups is 1. The van der Waals surface area contributed by atoms with Crippen LogP contribution in [0.4, 0.5) is 11.4 Å². The highest BCUT2D eigenvalue weighted by molar-refractivity contribution is 9.10. The Hall–Kier alpha value is -2.84. The number of rotatable bonds is 8. The minimum Gasteiger partial charge on any atom is -0.481 e. The lowest BCUT2D eigenvalue weighted by Gasteiger charge is -2.18. The van der Waals surface area contributed by atoms with Gasteiger partial charge in [0.2, 0.25) is 0 Å². The second-order valence-electron chi connectivity index (χ2n) is 7.58. The summed E-state index contributed by atoms with van der Waals surface area (Å²) in [6.45, 7) is 5.80. The molecule has 1 atom stereocenters. The molecule has 0 fully saturated rings. The van der Waals surface area contributed by atoms with Crippen molar-refractivity contribution in [3.63, 3.8) is 0 Å². The number of benzene rings is 3. The maximum absolute atomic E-state index is 12.6. The molecular weight excluding hydrogens is 492 g/mol. The van der Waals surface area contributed by atoms with Crippen LogP contribution in [0.2, 0.25) is 0 Å². The molecule has 0 aliphatic rings. The van der Waals surface area contributed by atoms with Crippen molar-refractivity contribution in [3.8, 4) is 5.75 Å². The molecule has 0 radical (unpaired) electrons. The van der Waals surface area contributed by atoms with Crippen LogP contribution in [0.5, 0.6) is 5.75 Å². The van der Waals surface area contributed by atoms with Crippen LogP contribution in [-0.2, 0) is 14.8 Å². The van der Waals surface area contributed by atoms with Crippen LogP contribution < -0.4 is 14.8 Å². The first-order valence-corrected chi connectivity index (χ1v) is 12.4. The molecule has 0 aliphatic carbocycles. The van der Waals surface area contributed by atoms with Crippen LogP contribution in [0.1, 0.15) is 32.3 Å². The van der Waals surface area contributed by atoms with E-state index in [0.717, 1.165) is 10.0 Å². The van der Waals surface area contributed by atoms with E-state index in [9.17, 15) is 13.2 Å². The van der Waals surface area contributed by atoms with Gasteiger partial charge in [0.25, 0.3) is 15.9 Å². The van der Waals surface area contributed by atoms with Gasteiger partial charge in [0.15, 0.2) is 6.10 Å². The van der Waals surface area contributed by atoms with Crippen LogP contribution >= 0.6 is 15.9 Å². The van der Waals surface area contributed by atoms with Gasteiger partial charge in [-0.05, 0) is 73.0 Å². The molecule has 1 unspecified atom stereocenters. The lowest BCUT2D eigenvalue weighted by Crippen LogP contribution is -2.30. The van der Waals surface area contributed by atoms with Gasteiger partial charge < -0.3 is 10.1 Å². The zero-order chi connectivity index (χ0) is 23.3. The van der Waals surface area contributed by atoms with Gasteiger partial charge in [-0.15, -0.1) is 0 Å². The fourth-order valence-corrected chi connectivity index (χ4v) is 4.33. The summed E-state index contributed by atoms with van der Waals surface area (Å²) < 4.78 is 34.4. The third-order valence-electron chi connectivity index (χ3n) is 4.74. The third-order valence-corrected chi connectivity index (χ3v) is 6.67. The molecule has 0 aromatic heterocycles. The van der Waals surface area contributed by atoms with Crippen molar-refractivity contribution in [2.75, 3.05) is 10.0 Å². The van der Waals surface area contributed by atoms with Crippen LogP contribution in [0, 0.1) is 0 Å². The first-order valence-electron chi connectivity index (χ1n) is 10.1. The van der Waals surface area contributed by atoms with Crippen LogP contribution in [0.25, 0.3) is 0 Å². The summed E-state index contributed by atoms with van der Waals surface area (Å²) in [5.41, 5.74) is 1.96. The molecule has 0 saturated heterocycles. The molecule has 8 heteroatoms. The Morgan fingerprint density at radius 2 is 1.47 bits per heavy atom. The summed E-state index contributed by atoms with van der Waals surface area (Å²) in [6, 6.07) is 20.4. The zero-order valence-corrected chi connectivity index (χ0v) is 20.4. The standard InChI is InChI=1S/C24H25BrN2O4S/c1-16(2)22-6-4-5-7-23(22)31-17(3)24(28)26-19-12-14-21(15-13-19)32(29,30)27-20-10-8-18(25)9-11-20/h4-17,27H,1-3H3,(H,26,28). The van der Waals surface area contributed by atoms with Crippen LogP contribution in [0.3, 0.4) is 0 Å². The lowest BCUT2D eigenvalue weighted by atomic mass is 10.0. The number of ether oxygens (including phenoxy) is 1. The van der Waals surface area contributed by atoms with Gasteiger partial charge in [0, 0.05) is 15.8 Å². The van der Waals surface area contributed by atoms with Crippen LogP contribution in [-0.4, -0.2) is 20.4 Å². The Labute approximate surface area is 197 Å². The predicted molar refractivity (Wildman–Crippen MR) is 131 cm³/mol. The zero-order valence-electron chi connectivity index (χ0n) is 18.0. The van der Waals surface area contributed by atoms with E-state index in [4.69, 9.17) is 4.74 Å². The van der Waals surface area contributed by atoms with Crippen molar-refractivity contribution in [2.24, 2.45) is 0 Å². The Balaban J connectivity index is 1.64. The molecule has 1 amide bonds. The molecule has 2 N–H and O–H groups in total. The summed E-state index contributed by atoms with van der Waals surface area (Å²) in [4.78, 5) is 12.7. The van der Waals surface area contributed by atoms with Crippen molar-refractivity contribution in [1.82, 2.24) is 0 Å². The van der Waals surface area contributed by atoms with E-state index in [1.165, 1.54) is 12.1 Å². The maximum Gasteiger partial charge on any atom is 0.265 e. The summed E-state index contributed by atoms with van der Waals surface area (Å²) in [5.74, 6) is 0.611. The number of anilines is 2. The molecule has 0 spiro atoms. The van der Waals surface area contributed by atoms with E-state index >= 15 is 0 Å². The second kappa shape index (κ2) is 10.2. The average Bonchev–Trinajstić information content (AvgIpc) is 2.76. The number of para-hydroxylation sites is 1. The largest absolute Gasteiger partial charge is 0.481 e. The topological polar surface area (TPSA) is 84.5 Å².